The van der Waals surface area contributed by atoms with Gasteiger partial charge in [-0.15, -0.1) is 0 Å². The number of rotatable bonds is 4. The Morgan fingerprint density at radius 3 is 2.65 bits per heavy atom. The minimum absolute atomic E-state index is 0.172. The molecule has 0 unspecified atom stereocenters. The summed E-state index contributed by atoms with van der Waals surface area (Å²) in [4.78, 5) is 31.5. The Hall–Kier alpha value is -3.61. The Labute approximate surface area is 149 Å². The highest BCUT2D eigenvalue weighted by atomic mass is 16.6. The lowest BCUT2D eigenvalue weighted by Crippen LogP contribution is -2.26. The van der Waals surface area contributed by atoms with Crippen LogP contribution in [0.1, 0.15) is 5.56 Å². The van der Waals surface area contributed by atoms with Gasteiger partial charge in [0.15, 0.2) is 0 Å². The lowest BCUT2D eigenvalue weighted by molar-refractivity contribution is 0.148. The van der Waals surface area contributed by atoms with Gasteiger partial charge < -0.3 is 14.8 Å². The van der Waals surface area contributed by atoms with Gasteiger partial charge in [0.25, 0.3) is 5.56 Å². The highest BCUT2D eigenvalue weighted by Gasteiger charge is 2.14. The fourth-order valence-electron chi connectivity index (χ4n) is 2.36. The summed E-state index contributed by atoms with van der Waals surface area (Å²) in [6.07, 6.45) is -0.511. The van der Waals surface area contributed by atoms with Crippen LogP contribution in [0.15, 0.2) is 65.5 Å². The van der Waals surface area contributed by atoms with Gasteiger partial charge in [-0.1, -0.05) is 42.5 Å². The molecule has 0 aliphatic rings. The van der Waals surface area contributed by atoms with Gasteiger partial charge in [-0.25, -0.2) is 4.79 Å². The number of nitrogens with zero attached hydrogens (tertiary/aromatic N) is 2. The summed E-state index contributed by atoms with van der Waals surface area (Å²) >= 11 is 0. The summed E-state index contributed by atoms with van der Waals surface area (Å²) in [6.45, 7) is 0.172. The van der Waals surface area contributed by atoms with Crippen LogP contribution in [0.2, 0.25) is 0 Å². The Kier molecular flexibility index (Phi) is 4.98. The number of aromatic hydroxyl groups is 1. The highest BCUT2D eigenvalue weighted by molar-refractivity contribution is 5.87. The molecule has 7 heteroatoms. The molecule has 1 heterocycles. The van der Waals surface area contributed by atoms with Crippen molar-refractivity contribution in [2.24, 2.45) is 0 Å². The largest absolute Gasteiger partial charge is 0.493 e. The van der Waals surface area contributed by atoms with E-state index in [1.54, 1.807) is 31.3 Å². The van der Waals surface area contributed by atoms with Crippen molar-refractivity contribution in [3.05, 3.63) is 76.6 Å². The molecule has 3 rings (SSSR count). The van der Waals surface area contributed by atoms with Crippen molar-refractivity contribution in [1.82, 2.24) is 9.97 Å². The highest BCUT2D eigenvalue weighted by Crippen LogP contribution is 2.22. The number of H-pyrrole nitrogens is 1. The van der Waals surface area contributed by atoms with Crippen LogP contribution in [0, 0.1) is 0 Å². The van der Waals surface area contributed by atoms with Gasteiger partial charge in [-0.3, -0.25) is 9.69 Å². The van der Waals surface area contributed by atoms with Gasteiger partial charge in [0.2, 0.25) is 5.88 Å². The van der Waals surface area contributed by atoms with E-state index in [9.17, 15) is 14.7 Å². The first-order chi connectivity index (χ1) is 12.5. The maximum Gasteiger partial charge on any atom is 0.414 e. The molecule has 0 saturated carbocycles. The van der Waals surface area contributed by atoms with Gasteiger partial charge in [-0.2, -0.15) is 4.98 Å². The van der Waals surface area contributed by atoms with Crippen LogP contribution in [0.25, 0.3) is 11.4 Å². The second-order valence-electron chi connectivity index (χ2n) is 5.60. The molecule has 0 spiro atoms. The number of anilines is 1. The minimum atomic E-state index is -0.511. The fraction of sp³-hybridized carbons (Fsp3) is 0.105. The molecule has 0 atom stereocenters. The molecule has 132 valence electrons. The number of nitrogens with one attached hydrogen (secondary N) is 1. The topological polar surface area (TPSA) is 95.5 Å². The lowest BCUT2D eigenvalue weighted by atomic mass is 10.2. The van der Waals surface area contributed by atoms with Crippen LogP contribution in [0.5, 0.6) is 5.88 Å². The molecule has 0 aliphatic carbocycles. The summed E-state index contributed by atoms with van der Waals surface area (Å²) in [7, 11) is 1.59. The molecule has 1 amide bonds. The molecule has 0 saturated heterocycles. The van der Waals surface area contributed by atoms with E-state index in [0.29, 0.717) is 11.3 Å². The Morgan fingerprint density at radius 2 is 1.92 bits per heavy atom. The average molecular weight is 351 g/mol. The number of carbonyl (C=O) groups excluding carboxylic acids is 1. The third-order valence-electron chi connectivity index (χ3n) is 3.71. The number of benzene rings is 2. The molecule has 2 aromatic carbocycles. The predicted molar refractivity (Wildman–Crippen MR) is 97.0 cm³/mol. The zero-order chi connectivity index (χ0) is 18.5. The summed E-state index contributed by atoms with van der Waals surface area (Å²) in [5.41, 5.74) is 1.54. The number of hydrogen-bond donors (Lipinski definition) is 2. The Morgan fingerprint density at radius 1 is 1.15 bits per heavy atom. The molecular formula is C19H17N3O4. The molecule has 0 radical (unpaired) electrons. The first-order valence-electron chi connectivity index (χ1n) is 7.88. The van der Waals surface area contributed by atoms with Gasteiger partial charge in [-0.05, 0) is 17.7 Å². The minimum Gasteiger partial charge on any atom is -0.493 e. The quantitative estimate of drug-likeness (QED) is 0.753. The van der Waals surface area contributed by atoms with E-state index in [1.165, 1.54) is 4.90 Å². The predicted octanol–water partition coefficient (Wildman–Crippen LogP) is 2.92. The maximum absolute atomic E-state index is 12.3. The SMILES string of the molecule is CN(C(=O)OCc1ccccc1)c1cccc(-c2nc(O)cc(=O)[nH]2)c1. The number of amides is 1. The van der Waals surface area contributed by atoms with E-state index in [2.05, 4.69) is 9.97 Å². The van der Waals surface area contributed by atoms with Gasteiger partial charge in [0.05, 0.1) is 6.07 Å². The van der Waals surface area contributed by atoms with Crippen LogP contribution in [-0.2, 0) is 11.3 Å². The van der Waals surface area contributed by atoms with Crippen molar-refractivity contribution in [2.75, 3.05) is 11.9 Å². The van der Waals surface area contributed by atoms with Crippen molar-refractivity contribution in [3.8, 4) is 17.3 Å². The van der Waals surface area contributed by atoms with Crippen molar-refractivity contribution in [2.45, 2.75) is 6.61 Å². The Bertz CT molecular complexity index is 970. The first-order valence-corrected chi connectivity index (χ1v) is 7.88. The van der Waals surface area contributed by atoms with E-state index < -0.39 is 11.7 Å². The third-order valence-corrected chi connectivity index (χ3v) is 3.71. The van der Waals surface area contributed by atoms with E-state index in [1.807, 2.05) is 30.3 Å². The van der Waals surface area contributed by atoms with Gasteiger partial charge in [0, 0.05) is 18.3 Å². The first kappa shape index (κ1) is 17.2. The molecule has 0 fully saturated rings. The smallest absolute Gasteiger partial charge is 0.414 e. The summed E-state index contributed by atoms with van der Waals surface area (Å²) in [5, 5.41) is 9.48. The van der Waals surface area contributed by atoms with Crippen molar-refractivity contribution in [1.29, 1.82) is 0 Å². The van der Waals surface area contributed by atoms with E-state index >= 15 is 0 Å². The maximum atomic E-state index is 12.3. The monoisotopic (exact) mass is 351 g/mol. The molecule has 0 aliphatic heterocycles. The van der Waals surface area contributed by atoms with Crippen LogP contribution < -0.4 is 10.5 Å². The molecule has 26 heavy (non-hydrogen) atoms. The van der Waals surface area contributed by atoms with Gasteiger partial charge >= 0.3 is 6.09 Å². The van der Waals surface area contributed by atoms with E-state index in [-0.39, 0.29) is 18.3 Å². The standard InChI is InChI=1S/C19H17N3O4/c1-22(19(25)26-12-13-6-3-2-4-7-13)15-9-5-8-14(10-15)18-20-16(23)11-17(24)21-18/h2-11H,12H2,1H3,(H2,20,21,23,24). The van der Waals surface area contributed by atoms with Crippen LogP contribution in [-0.4, -0.2) is 28.2 Å². The number of hydrogen-bond acceptors (Lipinski definition) is 5. The number of aromatic nitrogens is 2. The third kappa shape index (κ3) is 4.07. The van der Waals surface area contributed by atoms with Gasteiger partial charge in [0.1, 0.15) is 12.4 Å². The zero-order valence-corrected chi connectivity index (χ0v) is 14.0. The van der Waals surface area contributed by atoms with Crippen LogP contribution in [0.4, 0.5) is 10.5 Å². The molecule has 7 nitrogen and oxygen atoms in total. The molecular weight excluding hydrogens is 334 g/mol. The lowest BCUT2D eigenvalue weighted by Gasteiger charge is -2.18. The average Bonchev–Trinajstić information content (AvgIpc) is 2.65. The fourth-order valence-corrected chi connectivity index (χ4v) is 2.36. The molecule has 3 aromatic rings. The van der Waals surface area contributed by atoms with E-state index in [4.69, 9.17) is 4.74 Å². The summed E-state index contributed by atoms with van der Waals surface area (Å²) in [5.74, 6) is -0.160. The summed E-state index contributed by atoms with van der Waals surface area (Å²) < 4.78 is 5.30. The number of aromatic amines is 1. The molecule has 0 bridgehead atoms. The normalized spacial score (nSPS) is 10.3. The van der Waals surface area contributed by atoms with Crippen molar-refractivity contribution >= 4 is 11.8 Å². The summed E-state index contributed by atoms with van der Waals surface area (Å²) in [6, 6.07) is 17.2. The van der Waals surface area contributed by atoms with E-state index in [0.717, 1.165) is 11.6 Å². The number of carbonyl (C=O) groups is 1. The Balaban J connectivity index is 1.76. The van der Waals surface area contributed by atoms with Crippen molar-refractivity contribution < 1.29 is 14.6 Å². The van der Waals surface area contributed by atoms with Crippen LogP contribution in [0.3, 0.4) is 0 Å². The zero-order valence-electron chi connectivity index (χ0n) is 14.0. The molecule has 1 aromatic heterocycles. The second-order valence-corrected chi connectivity index (χ2v) is 5.60. The number of ether oxygens (including phenoxy) is 1. The van der Waals surface area contributed by atoms with Crippen LogP contribution >= 0.6 is 0 Å². The second kappa shape index (κ2) is 7.52. The van der Waals surface area contributed by atoms with Crippen molar-refractivity contribution in [3.63, 3.8) is 0 Å². The molecule has 2 N–H and O–H groups in total.